The largest absolute Gasteiger partial charge is 0.494 e. The SMILES string of the molecule is CCCOc1ccc(C(=O)N/N=C/c2ccc(OC(=O)c3ccc(Cl)cc3Cl)c(OC)c2)cc1. The predicted octanol–water partition coefficient (Wildman–Crippen LogP) is 5.77. The number of hydrogen-bond acceptors (Lipinski definition) is 6. The van der Waals surface area contributed by atoms with E-state index in [1.807, 2.05) is 6.92 Å². The average Bonchev–Trinajstić information content (AvgIpc) is 2.83. The van der Waals surface area contributed by atoms with Crippen molar-refractivity contribution >= 4 is 41.3 Å². The summed E-state index contributed by atoms with van der Waals surface area (Å²) in [4.78, 5) is 24.7. The summed E-state index contributed by atoms with van der Waals surface area (Å²) in [5, 5.41) is 4.56. The van der Waals surface area contributed by atoms with Crippen LogP contribution >= 0.6 is 23.2 Å². The monoisotopic (exact) mass is 500 g/mol. The zero-order valence-electron chi connectivity index (χ0n) is 18.5. The molecule has 0 aliphatic carbocycles. The van der Waals surface area contributed by atoms with Crippen molar-refractivity contribution < 1.29 is 23.8 Å². The van der Waals surface area contributed by atoms with Crippen molar-refractivity contribution in [2.24, 2.45) is 5.10 Å². The third-order valence-corrected chi connectivity index (χ3v) is 5.06. The molecule has 1 N–H and O–H groups in total. The Bertz CT molecular complexity index is 1200. The molecule has 0 aromatic heterocycles. The van der Waals surface area contributed by atoms with Crippen molar-refractivity contribution in [3.8, 4) is 17.2 Å². The quantitative estimate of drug-likeness (QED) is 0.174. The van der Waals surface area contributed by atoms with Crippen molar-refractivity contribution in [1.82, 2.24) is 5.43 Å². The summed E-state index contributed by atoms with van der Waals surface area (Å²) in [5.74, 6) is 0.185. The molecule has 34 heavy (non-hydrogen) atoms. The number of nitrogens with one attached hydrogen (secondary N) is 1. The Hall–Kier alpha value is -3.55. The standard InChI is InChI=1S/C25H22Cl2N2O5/c1-3-12-33-19-8-5-17(6-9-19)24(30)29-28-15-16-4-11-22(23(13-16)32-2)34-25(31)20-10-7-18(26)14-21(20)27/h4-11,13-15H,3,12H2,1-2H3,(H,29,30)/b28-15+. The molecular formula is C25H22Cl2N2O5. The highest BCUT2D eigenvalue weighted by atomic mass is 35.5. The number of amides is 1. The van der Waals surface area contributed by atoms with Crippen LogP contribution in [0.3, 0.4) is 0 Å². The zero-order valence-corrected chi connectivity index (χ0v) is 20.0. The maximum Gasteiger partial charge on any atom is 0.345 e. The molecule has 0 aliphatic rings. The summed E-state index contributed by atoms with van der Waals surface area (Å²) >= 11 is 11.9. The van der Waals surface area contributed by atoms with Crippen LogP contribution in [-0.4, -0.2) is 31.8 Å². The molecule has 1 amide bonds. The van der Waals surface area contributed by atoms with Gasteiger partial charge >= 0.3 is 5.97 Å². The van der Waals surface area contributed by atoms with Crippen LogP contribution in [0, 0.1) is 0 Å². The second-order valence-electron chi connectivity index (χ2n) is 7.00. The molecule has 0 fully saturated rings. The molecule has 0 unspecified atom stereocenters. The van der Waals surface area contributed by atoms with Gasteiger partial charge in [-0.25, -0.2) is 10.2 Å². The van der Waals surface area contributed by atoms with Gasteiger partial charge in [-0.1, -0.05) is 30.1 Å². The molecule has 9 heteroatoms. The van der Waals surface area contributed by atoms with Gasteiger partial charge in [-0.15, -0.1) is 0 Å². The highest BCUT2D eigenvalue weighted by molar-refractivity contribution is 6.36. The van der Waals surface area contributed by atoms with Crippen LogP contribution in [0.4, 0.5) is 0 Å². The number of benzene rings is 3. The number of esters is 1. The topological polar surface area (TPSA) is 86.2 Å². The van der Waals surface area contributed by atoms with Gasteiger partial charge in [0.25, 0.3) is 5.91 Å². The molecule has 3 rings (SSSR count). The smallest absolute Gasteiger partial charge is 0.345 e. The molecule has 0 radical (unpaired) electrons. The number of rotatable bonds is 9. The fourth-order valence-corrected chi connectivity index (χ4v) is 3.30. The van der Waals surface area contributed by atoms with Gasteiger partial charge in [-0.3, -0.25) is 4.79 Å². The van der Waals surface area contributed by atoms with Crippen molar-refractivity contribution in [3.05, 3.63) is 87.4 Å². The van der Waals surface area contributed by atoms with Crippen molar-refractivity contribution in [3.63, 3.8) is 0 Å². The Labute approximate surface area is 207 Å². The Morgan fingerprint density at radius 1 is 1.00 bits per heavy atom. The number of hydrazone groups is 1. The minimum atomic E-state index is -0.653. The first-order valence-electron chi connectivity index (χ1n) is 10.3. The van der Waals surface area contributed by atoms with Gasteiger partial charge in [0.2, 0.25) is 0 Å². The molecule has 0 heterocycles. The first-order chi connectivity index (χ1) is 16.4. The molecule has 3 aromatic rings. The first-order valence-corrected chi connectivity index (χ1v) is 11.1. The number of carbonyl (C=O) groups is 2. The number of carbonyl (C=O) groups excluding carboxylic acids is 2. The predicted molar refractivity (Wildman–Crippen MR) is 132 cm³/mol. The minimum Gasteiger partial charge on any atom is -0.494 e. The van der Waals surface area contributed by atoms with Crippen LogP contribution in [0.2, 0.25) is 10.0 Å². The summed E-state index contributed by atoms with van der Waals surface area (Å²) < 4.78 is 16.2. The van der Waals surface area contributed by atoms with Crippen molar-refractivity contribution in [2.45, 2.75) is 13.3 Å². The van der Waals surface area contributed by atoms with Gasteiger partial charge in [0, 0.05) is 10.6 Å². The number of nitrogens with zero attached hydrogens (tertiary/aromatic N) is 1. The van der Waals surface area contributed by atoms with Crippen LogP contribution in [0.15, 0.2) is 65.8 Å². The lowest BCUT2D eigenvalue weighted by Gasteiger charge is -2.10. The van der Waals surface area contributed by atoms with E-state index in [9.17, 15) is 9.59 Å². The number of methoxy groups -OCH3 is 1. The Morgan fingerprint density at radius 3 is 2.44 bits per heavy atom. The highest BCUT2D eigenvalue weighted by Crippen LogP contribution is 2.30. The maximum absolute atomic E-state index is 12.5. The molecular weight excluding hydrogens is 479 g/mol. The zero-order chi connectivity index (χ0) is 24.5. The lowest BCUT2D eigenvalue weighted by Crippen LogP contribution is -2.17. The molecule has 0 bridgehead atoms. The van der Waals surface area contributed by atoms with Gasteiger partial charge in [-0.2, -0.15) is 5.10 Å². The van der Waals surface area contributed by atoms with Crippen molar-refractivity contribution in [1.29, 1.82) is 0 Å². The lowest BCUT2D eigenvalue weighted by atomic mass is 10.2. The van der Waals surface area contributed by atoms with Crippen LogP contribution in [0.1, 0.15) is 39.6 Å². The van der Waals surface area contributed by atoms with E-state index in [0.29, 0.717) is 34.3 Å². The summed E-state index contributed by atoms with van der Waals surface area (Å²) in [5.41, 5.74) is 3.70. The van der Waals surface area contributed by atoms with Gasteiger partial charge in [0.05, 0.1) is 30.5 Å². The fraction of sp³-hybridized carbons (Fsp3) is 0.160. The number of halogens is 2. The number of ether oxygens (including phenoxy) is 3. The number of hydrogen-bond donors (Lipinski definition) is 1. The average molecular weight is 501 g/mol. The van der Waals surface area contributed by atoms with Gasteiger partial charge in [-0.05, 0) is 72.6 Å². The Kier molecular flexibility index (Phi) is 8.90. The second-order valence-corrected chi connectivity index (χ2v) is 7.84. The summed E-state index contributed by atoms with van der Waals surface area (Å²) in [7, 11) is 1.44. The molecule has 0 atom stereocenters. The Morgan fingerprint density at radius 2 is 1.76 bits per heavy atom. The molecule has 7 nitrogen and oxygen atoms in total. The summed E-state index contributed by atoms with van der Waals surface area (Å²) in [6.07, 6.45) is 2.35. The van der Waals surface area contributed by atoms with E-state index in [4.69, 9.17) is 37.4 Å². The third kappa shape index (κ3) is 6.73. The molecule has 176 valence electrons. The Balaban J connectivity index is 1.63. The van der Waals surface area contributed by atoms with E-state index >= 15 is 0 Å². The van der Waals surface area contributed by atoms with Gasteiger partial charge in [0.15, 0.2) is 11.5 Å². The van der Waals surface area contributed by atoms with Crippen molar-refractivity contribution in [2.75, 3.05) is 13.7 Å². The van der Waals surface area contributed by atoms with Crippen LogP contribution in [-0.2, 0) is 0 Å². The first kappa shape index (κ1) is 25.1. The van der Waals surface area contributed by atoms with E-state index in [1.165, 1.54) is 25.5 Å². The molecule has 0 aliphatic heterocycles. The fourth-order valence-electron chi connectivity index (χ4n) is 2.81. The molecule has 0 spiro atoms. The van der Waals surface area contributed by atoms with Crippen LogP contribution in [0.25, 0.3) is 0 Å². The molecule has 0 saturated heterocycles. The minimum absolute atomic E-state index is 0.173. The van der Waals surface area contributed by atoms with E-state index in [0.717, 1.165) is 6.42 Å². The second kappa shape index (κ2) is 12.1. The summed E-state index contributed by atoms with van der Waals surface area (Å²) in [6.45, 7) is 2.64. The van der Waals surface area contributed by atoms with E-state index in [-0.39, 0.29) is 22.2 Å². The van der Waals surface area contributed by atoms with Crippen LogP contribution in [0.5, 0.6) is 17.2 Å². The molecule has 0 saturated carbocycles. The van der Waals surface area contributed by atoms with Gasteiger partial charge < -0.3 is 14.2 Å². The van der Waals surface area contributed by atoms with E-state index < -0.39 is 5.97 Å². The molecule has 3 aromatic carbocycles. The van der Waals surface area contributed by atoms with E-state index in [1.54, 1.807) is 48.5 Å². The normalized spacial score (nSPS) is 10.7. The maximum atomic E-state index is 12.5. The lowest BCUT2D eigenvalue weighted by molar-refractivity contribution is 0.0729. The third-order valence-electron chi connectivity index (χ3n) is 4.51. The summed E-state index contributed by atoms with van der Waals surface area (Å²) in [6, 6.07) is 16.1. The van der Waals surface area contributed by atoms with Gasteiger partial charge in [0.1, 0.15) is 5.75 Å². The van der Waals surface area contributed by atoms with Crippen LogP contribution < -0.4 is 19.6 Å². The highest BCUT2D eigenvalue weighted by Gasteiger charge is 2.16. The van der Waals surface area contributed by atoms with E-state index in [2.05, 4.69) is 10.5 Å².